The molecule has 1 aromatic carbocycles. The van der Waals surface area contributed by atoms with Gasteiger partial charge in [0.15, 0.2) is 0 Å². The van der Waals surface area contributed by atoms with Gasteiger partial charge in [-0.25, -0.2) is 0 Å². The first-order chi connectivity index (χ1) is 7.24. The number of rotatable bonds is 1. The van der Waals surface area contributed by atoms with Crippen LogP contribution in [0.2, 0.25) is 0 Å². The lowest BCUT2D eigenvalue weighted by molar-refractivity contribution is 0.418. The van der Waals surface area contributed by atoms with Crippen LogP contribution < -0.4 is 0 Å². The van der Waals surface area contributed by atoms with Crippen LogP contribution in [-0.4, -0.2) is 0 Å². The molecule has 2 aliphatic carbocycles. The van der Waals surface area contributed by atoms with Crippen LogP contribution in [-0.2, 0) is 0 Å². The molecule has 80 valence electrons. The van der Waals surface area contributed by atoms with Gasteiger partial charge in [-0.15, -0.1) is 0 Å². The van der Waals surface area contributed by atoms with Gasteiger partial charge in [0.05, 0.1) is 0 Å². The van der Waals surface area contributed by atoms with Crippen LogP contribution in [0.4, 0.5) is 0 Å². The molecule has 0 radical (unpaired) electrons. The number of hydrogen-bond donors (Lipinski definition) is 0. The van der Waals surface area contributed by atoms with Crippen LogP contribution in [0.15, 0.2) is 18.2 Å². The SMILES string of the molecule is Cc1ccc(C)c(C2CC3CCC2C3)c1. The highest BCUT2D eigenvalue weighted by Crippen LogP contribution is 2.53. The average Bonchev–Trinajstić information content (AvgIpc) is 2.83. The van der Waals surface area contributed by atoms with E-state index in [0.29, 0.717) is 0 Å². The van der Waals surface area contributed by atoms with E-state index in [9.17, 15) is 0 Å². The Balaban J connectivity index is 1.96. The molecule has 0 aromatic heterocycles. The van der Waals surface area contributed by atoms with Crippen molar-refractivity contribution in [1.82, 2.24) is 0 Å². The van der Waals surface area contributed by atoms with E-state index in [0.717, 1.165) is 17.8 Å². The highest BCUT2D eigenvalue weighted by Gasteiger charge is 2.40. The quantitative estimate of drug-likeness (QED) is 0.637. The van der Waals surface area contributed by atoms with Gasteiger partial charge in [0, 0.05) is 0 Å². The van der Waals surface area contributed by atoms with Crippen LogP contribution in [0, 0.1) is 25.7 Å². The van der Waals surface area contributed by atoms with E-state index in [4.69, 9.17) is 0 Å². The minimum atomic E-state index is 0.892. The fraction of sp³-hybridized carbons (Fsp3) is 0.600. The van der Waals surface area contributed by atoms with Crippen molar-refractivity contribution in [2.24, 2.45) is 11.8 Å². The maximum atomic E-state index is 2.43. The summed E-state index contributed by atoms with van der Waals surface area (Å²) in [6.07, 6.45) is 5.97. The normalized spacial score (nSPS) is 33.6. The number of hydrogen-bond acceptors (Lipinski definition) is 0. The zero-order valence-electron chi connectivity index (χ0n) is 9.79. The predicted molar refractivity (Wildman–Crippen MR) is 64.1 cm³/mol. The third-order valence-corrected chi connectivity index (χ3v) is 4.57. The zero-order chi connectivity index (χ0) is 10.4. The van der Waals surface area contributed by atoms with Crippen molar-refractivity contribution in [1.29, 1.82) is 0 Å². The first kappa shape index (κ1) is 9.45. The Morgan fingerprint density at radius 2 is 1.93 bits per heavy atom. The second kappa shape index (κ2) is 3.37. The van der Waals surface area contributed by atoms with Crippen LogP contribution in [0.5, 0.6) is 0 Å². The van der Waals surface area contributed by atoms with E-state index in [1.54, 1.807) is 5.56 Å². The lowest BCUT2D eigenvalue weighted by Crippen LogP contribution is -2.10. The van der Waals surface area contributed by atoms with Crippen molar-refractivity contribution in [2.45, 2.75) is 45.4 Å². The number of aryl methyl sites for hydroxylation is 2. The highest BCUT2D eigenvalue weighted by atomic mass is 14.4. The molecule has 0 heteroatoms. The van der Waals surface area contributed by atoms with Gasteiger partial charge in [-0.2, -0.15) is 0 Å². The molecule has 2 fully saturated rings. The number of fused-ring (bicyclic) bond motifs is 2. The summed E-state index contributed by atoms with van der Waals surface area (Å²) in [5, 5.41) is 0. The summed E-state index contributed by atoms with van der Waals surface area (Å²) in [7, 11) is 0. The molecule has 0 aliphatic heterocycles. The highest BCUT2D eigenvalue weighted by molar-refractivity contribution is 5.35. The topological polar surface area (TPSA) is 0 Å². The fourth-order valence-corrected chi connectivity index (χ4v) is 3.78. The molecule has 2 aliphatic rings. The van der Waals surface area contributed by atoms with Crippen LogP contribution in [0.3, 0.4) is 0 Å². The van der Waals surface area contributed by atoms with Gasteiger partial charge in [0.25, 0.3) is 0 Å². The molecule has 1 aromatic rings. The van der Waals surface area contributed by atoms with Crippen LogP contribution in [0.1, 0.15) is 48.3 Å². The molecule has 3 unspecified atom stereocenters. The van der Waals surface area contributed by atoms with E-state index < -0.39 is 0 Å². The smallest absolute Gasteiger partial charge is 0.0128 e. The molecule has 2 bridgehead atoms. The van der Waals surface area contributed by atoms with Crippen molar-refractivity contribution in [3.63, 3.8) is 0 Å². The minimum Gasteiger partial charge on any atom is -0.0590 e. The Kier molecular flexibility index (Phi) is 2.12. The summed E-state index contributed by atoms with van der Waals surface area (Å²) in [4.78, 5) is 0. The molecular weight excluding hydrogens is 180 g/mol. The molecule has 3 rings (SSSR count). The fourth-order valence-electron chi connectivity index (χ4n) is 3.78. The molecule has 0 N–H and O–H groups in total. The molecule has 15 heavy (non-hydrogen) atoms. The van der Waals surface area contributed by atoms with Gasteiger partial charge in [-0.3, -0.25) is 0 Å². The first-order valence-electron chi connectivity index (χ1n) is 6.31. The minimum absolute atomic E-state index is 0.892. The van der Waals surface area contributed by atoms with Gasteiger partial charge < -0.3 is 0 Å². The van der Waals surface area contributed by atoms with Gasteiger partial charge in [-0.05, 0) is 62.0 Å². The second-order valence-corrected chi connectivity index (χ2v) is 5.64. The number of benzene rings is 1. The Hall–Kier alpha value is -0.780. The molecule has 0 amide bonds. The third kappa shape index (κ3) is 1.51. The molecular formula is C15H20. The summed E-state index contributed by atoms with van der Waals surface area (Å²) in [6.45, 7) is 4.50. The van der Waals surface area contributed by atoms with Crippen molar-refractivity contribution in [3.8, 4) is 0 Å². The summed E-state index contributed by atoms with van der Waals surface area (Å²) in [6, 6.07) is 6.98. The second-order valence-electron chi connectivity index (χ2n) is 5.64. The zero-order valence-corrected chi connectivity index (χ0v) is 9.79. The Labute approximate surface area is 92.7 Å². The largest absolute Gasteiger partial charge is 0.0590 e. The van der Waals surface area contributed by atoms with Crippen molar-refractivity contribution in [3.05, 3.63) is 34.9 Å². The summed E-state index contributed by atoms with van der Waals surface area (Å²) in [5.41, 5.74) is 4.60. The summed E-state index contributed by atoms with van der Waals surface area (Å²) >= 11 is 0. The molecule has 0 saturated heterocycles. The van der Waals surface area contributed by atoms with E-state index in [1.165, 1.54) is 36.8 Å². The van der Waals surface area contributed by atoms with E-state index >= 15 is 0 Å². The molecule has 2 saturated carbocycles. The van der Waals surface area contributed by atoms with Crippen LogP contribution >= 0.6 is 0 Å². The van der Waals surface area contributed by atoms with Crippen molar-refractivity contribution in [2.75, 3.05) is 0 Å². The Bertz CT molecular complexity index is 378. The monoisotopic (exact) mass is 200 g/mol. The Morgan fingerprint density at radius 1 is 1.07 bits per heavy atom. The summed E-state index contributed by atoms with van der Waals surface area (Å²) in [5.74, 6) is 2.96. The molecule has 0 heterocycles. The molecule has 3 atom stereocenters. The predicted octanol–water partition coefficient (Wildman–Crippen LogP) is 4.21. The van der Waals surface area contributed by atoms with Gasteiger partial charge in [0.1, 0.15) is 0 Å². The van der Waals surface area contributed by atoms with Gasteiger partial charge >= 0.3 is 0 Å². The van der Waals surface area contributed by atoms with Gasteiger partial charge in [-0.1, -0.05) is 30.2 Å². The van der Waals surface area contributed by atoms with Crippen LogP contribution in [0.25, 0.3) is 0 Å². The van der Waals surface area contributed by atoms with E-state index in [2.05, 4.69) is 32.0 Å². The van der Waals surface area contributed by atoms with Gasteiger partial charge in [0.2, 0.25) is 0 Å². The van der Waals surface area contributed by atoms with E-state index in [1.807, 2.05) is 0 Å². The molecule has 0 spiro atoms. The lowest BCUT2D eigenvalue weighted by Gasteiger charge is -2.24. The maximum Gasteiger partial charge on any atom is -0.0128 e. The van der Waals surface area contributed by atoms with Crippen molar-refractivity contribution >= 4 is 0 Å². The standard InChI is InChI=1S/C15H20/c1-10-3-4-11(2)14(7-10)15-9-12-5-6-13(15)8-12/h3-4,7,12-13,15H,5-6,8-9H2,1-2H3. The van der Waals surface area contributed by atoms with Crippen molar-refractivity contribution < 1.29 is 0 Å². The maximum absolute atomic E-state index is 2.43. The average molecular weight is 200 g/mol. The first-order valence-corrected chi connectivity index (χ1v) is 6.31. The lowest BCUT2D eigenvalue weighted by atomic mass is 9.81. The Morgan fingerprint density at radius 3 is 2.60 bits per heavy atom. The third-order valence-electron chi connectivity index (χ3n) is 4.57. The van der Waals surface area contributed by atoms with E-state index in [-0.39, 0.29) is 0 Å². The summed E-state index contributed by atoms with van der Waals surface area (Å²) < 4.78 is 0. The molecule has 0 nitrogen and oxygen atoms in total.